The average molecular weight is 348 g/mol. The SMILES string of the molecule is CCOC(=O)[C@@]1(C)CCCN1C(=O)c1cn(Cc2cccs2)nn1. The van der Waals surface area contributed by atoms with Crippen molar-refractivity contribution in [3.8, 4) is 0 Å². The summed E-state index contributed by atoms with van der Waals surface area (Å²) in [7, 11) is 0. The molecule has 2 aromatic rings. The van der Waals surface area contributed by atoms with Crippen molar-refractivity contribution in [2.45, 2.75) is 38.8 Å². The molecule has 1 aliphatic heterocycles. The van der Waals surface area contributed by atoms with Gasteiger partial charge >= 0.3 is 5.97 Å². The maximum Gasteiger partial charge on any atom is 0.331 e. The standard InChI is InChI=1S/C16H20N4O3S/c1-3-23-15(22)16(2)7-5-8-20(16)14(21)13-11-19(18-17-13)10-12-6-4-9-24-12/h4,6,9,11H,3,5,7-8,10H2,1-2H3/t16-/m1/s1. The Hall–Kier alpha value is -2.22. The fraction of sp³-hybridized carbons (Fsp3) is 0.500. The molecule has 1 saturated heterocycles. The summed E-state index contributed by atoms with van der Waals surface area (Å²) in [6.07, 6.45) is 3.00. The summed E-state index contributed by atoms with van der Waals surface area (Å²) in [4.78, 5) is 27.8. The summed E-state index contributed by atoms with van der Waals surface area (Å²) in [5.41, 5.74) is -0.672. The maximum absolute atomic E-state index is 12.8. The first-order valence-corrected chi connectivity index (χ1v) is 8.84. The van der Waals surface area contributed by atoms with E-state index in [4.69, 9.17) is 4.74 Å². The van der Waals surface area contributed by atoms with Gasteiger partial charge in [0.1, 0.15) is 5.54 Å². The second-order valence-corrected chi connectivity index (χ2v) is 6.97. The molecule has 1 atom stereocenters. The van der Waals surface area contributed by atoms with E-state index < -0.39 is 5.54 Å². The topological polar surface area (TPSA) is 77.3 Å². The molecule has 2 aromatic heterocycles. The van der Waals surface area contributed by atoms with Gasteiger partial charge in [-0.3, -0.25) is 4.79 Å². The van der Waals surface area contributed by atoms with E-state index in [1.807, 2.05) is 17.5 Å². The van der Waals surface area contributed by atoms with Crippen molar-refractivity contribution in [3.05, 3.63) is 34.3 Å². The fourth-order valence-electron chi connectivity index (χ4n) is 2.96. The van der Waals surface area contributed by atoms with Crippen molar-refractivity contribution >= 4 is 23.2 Å². The first kappa shape index (κ1) is 16.6. The molecule has 7 nitrogen and oxygen atoms in total. The van der Waals surface area contributed by atoms with E-state index in [1.54, 1.807) is 41.0 Å². The summed E-state index contributed by atoms with van der Waals surface area (Å²) in [5, 5.41) is 10.0. The second-order valence-electron chi connectivity index (χ2n) is 5.94. The monoisotopic (exact) mass is 348 g/mol. The maximum atomic E-state index is 12.8. The van der Waals surface area contributed by atoms with Crippen LogP contribution in [0.25, 0.3) is 0 Å². The van der Waals surface area contributed by atoms with Crippen LogP contribution in [0.1, 0.15) is 42.1 Å². The summed E-state index contributed by atoms with van der Waals surface area (Å²) < 4.78 is 6.78. The highest BCUT2D eigenvalue weighted by atomic mass is 32.1. The lowest BCUT2D eigenvalue weighted by Gasteiger charge is -2.32. The molecule has 1 aliphatic rings. The molecular weight excluding hydrogens is 328 g/mol. The van der Waals surface area contributed by atoms with Crippen LogP contribution in [0, 0.1) is 0 Å². The van der Waals surface area contributed by atoms with Gasteiger partial charge in [0.25, 0.3) is 5.91 Å². The molecule has 0 spiro atoms. The molecule has 8 heteroatoms. The Morgan fingerprint density at radius 3 is 3.00 bits per heavy atom. The molecule has 1 amide bonds. The minimum absolute atomic E-state index is 0.254. The van der Waals surface area contributed by atoms with Gasteiger partial charge in [0.2, 0.25) is 0 Å². The molecule has 128 valence electrons. The molecule has 0 radical (unpaired) electrons. The lowest BCUT2D eigenvalue weighted by atomic mass is 9.99. The molecular formula is C16H20N4O3S. The number of thiophene rings is 1. The average Bonchev–Trinajstić information content (AvgIpc) is 3.29. The third-order valence-electron chi connectivity index (χ3n) is 4.26. The Kier molecular flexibility index (Phi) is 4.66. The lowest BCUT2D eigenvalue weighted by molar-refractivity contribution is -0.153. The Morgan fingerprint density at radius 1 is 1.46 bits per heavy atom. The van der Waals surface area contributed by atoms with Crippen LogP contribution in [0.2, 0.25) is 0 Å². The van der Waals surface area contributed by atoms with Crippen LogP contribution in [-0.4, -0.2) is 50.5 Å². The minimum atomic E-state index is -0.926. The summed E-state index contributed by atoms with van der Waals surface area (Å²) >= 11 is 1.62. The van der Waals surface area contributed by atoms with E-state index in [2.05, 4.69) is 10.3 Å². The van der Waals surface area contributed by atoms with Crippen molar-refractivity contribution < 1.29 is 14.3 Å². The lowest BCUT2D eigenvalue weighted by Crippen LogP contribution is -2.51. The van der Waals surface area contributed by atoms with E-state index in [0.717, 1.165) is 11.3 Å². The number of amides is 1. The number of ether oxygens (including phenoxy) is 1. The molecule has 24 heavy (non-hydrogen) atoms. The van der Waals surface area contributed by atoms with Crippen molar-refractivity contribution in [2.75, 3.05) is 13.2 Å². The first-order chi connectivity index (χ1) is 11.5. The highest BCUT2D eigenvalue weighted by molar-refractivity contribution is 7.09. The molecule has 3 rings (SSSR count). The van der Waals surface area contributed by atoms with Gasteiger partial charge in [0, 0.05) is 11.4 Å². The Balaban J connectivity index is 1.76. The van der Waals surface area contributed by atoms with Crippen molar-refractivity contribution in [1.29, 1.82) is 0 Å². The highest BCUT2D eigenvalue weighted by Gasteiger charge is 2.47. The Morgan fingerprint density at radius 2 is 2.29 bits per heavy atom. The van der Waals surface area contributed by atoms with Gasteiger partial charge in [-0.15, -0.1) is 16.4 Å². The third-order valence-corrected chi connectivity index (χ3v) is 5.12. The predicted molar refractivity (Wildman–Crippen MR) is 88.8 cm³/mol. The van der Waals surface area contributed by atoms with E-state index in [1.165, 1.54) is 0 Å². The van der Waals surface area contributed by atoms with Crippen LogP contribution in [0.5, 0.6) is 0 Å². The van der Waals surface area contributed by atoms with Gasteiger partial charge in [0.15, 0.2) is 5.69 Å². The van der Waals surface area contributed by atoms with Crippen LogP contribution in [0.15, 0.2) is 23.7 Å². The molecule has 0 saturated carbocycles. The number of carbonyl (C=O) groups excluding carboxylic acids is 2. The zero-order valence-electron chi connectivity index (χ0n) is 13.8. The van der Waals surface area contributed by atoms with Crippen molar-refractivity contribution in [3.63, 3.8) is 0 Å². The summed E-state index contributed by atoms with van der Waals surface area (Å²) in [6.45, 7) is 4.91. The van der Waals surface area contributed by atoms with Gasteiger partial charge in [-0.05, 0) is 38.1 Å². The van der Waals surface area contributed by atoms with Gasteiger partial charge in [-0.25, -0.2) is 9.48 Å². The minimum Gasteiger partial charge on any atom is -0.464 e. The van der Waals surface area contributed by atoms with Gasteiger partial charge in [0.05, 0.1) is 19.3 Å². The van der Waals surface area contributed by atoms with E-state index >= 15 is 0 Å². The number of carbonyl (C=O) groups is 2. The van der Waals surface area contributed by atoms with Crippen LogP contribution >= 0.6 is 11.3 Å². The van der Waals surface area contributed by atoms with Crippen LogP contribution in [-0.2, 0) is 16.1 Å². The van der Waals surface area contributed by atoms with Crippen LogP contribution in [0.3, 0.4) is 0 Å². The largest absolute Gasteiger partial charge is 0.464 e. The molecule has 0 aliphatic carbocycles. The van der Waals surface area contributed by atoms with Crippen LogP contribution < -0.4 is 0 Å². The van der Waals surface area contributed by atoms with E-state index in [9.17, 15) is 9.59 Å². The molecule has 1 fully saturated rings. The first-order valence-electron chi connectivity index (χ1n) is 7.96. The summed E-state index contributed by atoms with van der Waals surface area (Å²) in [5.74, 6) is -0.637. The number of hydrogen-bond acceptors (Lipinski definition) is 6. The summed E-state index contributed by atoms with van der Waals surface area (Å²) in [6, 6.07) is 3.98. The van der Waals surface area contributed by atoms with Crippen LogP contribution in [0.4, 0.5) is 0 Å². The molecule has 0 bridgehead atoms. The quantitative estimate of drug-likeness (QED) is 0.772. The van der Waals surface area contributed by atoms with Gasteiger partial charge < -0.3 is 9.64 Å². The number of esters is 1. The highest BCUT2D eigenvalue weighted by Crippen LogP contribution is 2.31. The number of rotatable bonds is 5. The third kappa shape index (κ3) is 3.06. The molecule has 0 N–H and O–H groups in total. The molecule has 3 heterocycles. The van der Waals surface area contributed by atoms with Gasteiger partial charge in [-0.2, -0.15) is 0 Å². The number of hydrogen-bond donors (Lipinski definition) is 0. The second kappa shape index (κ2) is 6.72. The number of likely N-dealkylation sites (tertiary alicyclic amines) is 1. The Bertz CT molecular complexity index is 728. The zero-order valence-corrected chi connectivity index (χ0v) is 14.6. The van der Waals surface area contributed by atoms with E-state index in [0.29, 0.717) is 26.1 Å². The smallest absolute Gasteiger partial charge is 0.331 e. The van der Waals surface area contributed by atoms with Crippen molar-refractivity contribution in [1.82, 2.24) is 19.9 Å². The van der Waals surface area contributed by atoms with E-state index in [-0.39, 0.29) is 17.6 Å². The zero-order chi connectivity index (χ0) is 17.2. The number of aromatic nitrogens is 3. The van der Waals surface area contributed by atoms with Crippen molar-refractivity contribution in [2.24, 2.45) is 0 Å². The fourth-order valence-corrected chi connectivity index (χ4v) is 3.66. The molecule has 0 aromatic carbocycles. The van der Waals surface area contributed by atoms with Gasteiger partial charge in [-0.1, -0.05) is 11.3 Å². The Labute approximate surface area is 144 Å². The number of nitrogens with zero attached hydrogens (tertiary/aromatic N) is 4. The molecule has 0 unspecified atom stereocenters. The predicted octanol–water partition coefficient (Wildman–Crippen LogP) is 1.95. The normalized spacial score (nSPS) is 20.3.